The quantitative estimate of drug-likeness (QED) is 0.839. The third-order valence-electron chi connectivity index (χ3n) is 2.96. The molecule has 0 saturated heterocycles. The van der Waals surface area contributed by atoms with Crippen molar-refractivity contribution in [2.75, 3.05) is 11.9 Å². The largest absolute Gasteiger partial charge is 0.370 e. The molecule has 1 aromatic heterocycles. The van der Waals surface area contributed by atoms with E-state index in [1.165, 1.54) is 12.1 Å². The van der Waals surface area contributed by atoms with Crippen LogP contribution in [0, 0.1) is 5.82 Å². The maximum atomic E-state index is 13.5. The first-order valence-corrected chi connectivity index (χ1v) is 7.58. The normalized spacial score (nSPS) is 10.7. The lowest BCUT2D eigenvalue weighted by Crippen LogP contribution is -2.06. The van der Waals surface area contributed by atoms with Crippen molar-refractivity contribution in [1.82, 2.24) is 9.97 Å². The van der Waals surface area contributed by atoms with Gasteiger partial charge in [-0.1, -0.05) is 25.4 Å². The molecule has 0 aliphatic rings. The summed E-state index contributed by atoms with van der Waals surface area (Å²) in [7, 11) is 0. The van der Waals surface area contributed by atoms with E-state index >= 15 is 0 Å². The second-order valence-corrected chi connectivity index (χ2v) is 5.33. The number of rotatable bonds is 6. The Morgan fingerprint density at radius 3 is 2.57 bits per heavy atom. The molecule has 0 aliphatic heterocycles. The van der Waals surface area contributed by atoms with Crippen molar-refractivity contribution >= 4 is 17.4 Å². The summed E-state index contributed by atoms with van der Waals surface area (Å²) in [5.41, 5.74) is 1.35. The Morgan fingerprint density at radius 1 is 1.10 bits per heavy atom. The van der Waals surface area contributed by atoms with Crippen molar-refractivity contribution in [3.05, 3.63) is 40.9 Å². The van der Waals surface area contributed by atoms with E-state index in [1.807, 2.05) is 6.07 Å². The molecule has 3 nitrogen and oxygen atoms in total. The predicted octanol–water partition coefficient (Wildman–Crippen LogP) is 4.71. The lowest BCUT2D eigenvalue weighted by Gasteiger charge is -2.10. The fourth-order valence-corrected chi connectivity index (χ4v) is 2.25. The van der Waals surface area contributed by atoms with Gasteiger partial charge in [0.25, 0.3) is 0 Å². The van der Waals surface area contributed by atoms with Crippen LogP contribution < -0.4 is 5.32 Å². The molecule has 5 heteroatoms. The van der Waals surface area contributed by atoms with E-state index in [4.69, 9.17) is 11.6 Å². The number of anilines is 1. The number of aromatic nitrogens is 2. The lowest BCUT2D eigenvalue weighted by molar-refractivity contribution is 0.628. The van der Waals surface area contributed by atoms with E-state index in [9.17, 15) is 4.39 Å². The highest BCUT2D eigenvalue weighted by molar-refractivity contribution is 6.30. The highest BCUT2D eigenvalue weighted by Crippen LogP contribution is 2.25. The van der Waals surface area contributed by atoms with Gasteiger partial charge in [0.1, 0.15) is 17.5 Å². The predicted molar refractivity (Wildman–Crippen MR) is 85.2 cm³/mol. The maximum Gasteiger partial charge on any atom is 0.131 e. The first-order chi connectivity index (χ1) is 10.1. The lowest BCUT2D eigenvalue weighted by atomic mass is 10.1. The SMILES string of the molecule is CCCNc1cc(-c2cc(F)cc(Cl)c2)nc(CCC)n1. The van der Waals surface area contributed by atoms with Crippen LogP contribution in [-0.2, 0) is 6.42 Å². The first-order valence-electron chi connectivity index (χ1n) is 7.20. The third-order valence-corrected chi connectivity index (χ3v) is 3.18. The van der Waals surface area contributed by atoms with Crippen LogP contribution >= 0.6 is 11.6 Å². The first kappa shape index (κ1) is 15.7. The topological polar surface area (TPSA) is 37.8 Å². The Kier molecular flexibility index (Phi) is 5.51. The summed E-state index contributed by atoms with van der Waals surface area (Å²) >= 11 is 5.93. The number of hydrogen-bond donors (Lipinski definition) is 1. The van der Waals surface area contributed by atoms with Gasteiger partial charge in [-0.3, -0.25) is 0 Å². The monoisotopic (exact) mass is 307 g/mol. The molecule has 0 radical (unpaired) electrons. The van der Waals surface area contributed by atoms with E-state index in [0.717, 1.165) is 37.4 Å². The number of nitrogens with one attached hydrogen (secondary N) is 1. The van der Waals surface area contributed by atoms with Gasteiger partial charge in [-0.25, -0.2) is 14.4 Å². The molecule has 1 N–H and O–H groups in total. The zero-order valence-electron chi connectivity index (χ0n) is 12.3. The average Bonchev–Trinajstić information content (AvgIpc) is 2.44. The van der Waals surface area contributed by atoms with Crippen molar-refractivity contribution in [3.8, 4) is 11.3 Å². The number of nitrogens with zero attached hydrogens (tertiary/aromatic N) is 2. The molecule has 1 aromatic carbocycles. The van der Waals surface area contributed by atoms with Crippen molar-refractivity contribution in [2.24, 2.45) is 0 Å². The molecule has 112 valence electrons. The number of halogens is 2. The zero-order chi connectivity index (χ0) is 15.2. The number of aryl methyl sites for hydroxylation is 1. The summed E-state index contributed by atoms with van der Waals surface area (Å²) in [5.74, 6) is 1.16. The molecule has 2 aromatic rings. The average molecular weight is 308 g/mol. The van der Waals surface area contributed by atoms with Crippen molar-refractivity contribution < 1.29 is 4.39 Å². The van der Waals surface area contributed by atoms with E-state index in [0.29, 0.717) is 16.3 Å². The molecule has 0 atom stereocenters. The van der Waals surface area contributed by atoms with Crippen LogP contribution in [0.15, 0.2) is 24.3 Å². The van der Waals surface area contributed by atoms with Crippen LogP contribution in [0.3, 0.4) is 0 Å². The minimum atomic E-state index is -0.365. The van der Waals surface area contributed by atoms with Crippen LogP contribution in [-0.4, -0.2) is 16.5 Å². The standard InChI is InChI=1S/C16H19ClFN3/c1-3-5-15-20-14(10-16(21-15)19-6-4-2)11-7-12(17)9-13(18)8-11/h7-10H,3-6H2,1-2H3,(H,19,20,21). The Bertz CT molecular complexity index is 596. The van der Waals surface area contributed by atoms with Gasteiger partial charge >= 0.3 is 0 Å². The minimum Gasteiger partial charge on any atom is -0.370 e. The van der Waals surface area contributed by atoms with Gasteiger partial charge in [-0.15, -0.1) is 0 Å². The van der Waals surface area contributed by atoms with Gasteiger partial charge in [0.05, 0.1) is 5.69 Å². The molecular weight excluding hydrogens is 289 g/mol. The molecule has 0 saturated carbocycles. The Morgan fingerprint density at radius 2 is 1.90 bits per heavy atom. The van der Waals surface area contributed by atoms with E-state index < -0.39 is 0 Å². The highest BCUT2D eigenvalue weighted by atomic mass is 35.5. The molecule has 0 bridgehead atoms. The molecule has 2 rings (SSSR count). The number of benzene rings is 1. The van der Waals surface area contributed by atoms with Crippen molar-refractivity contribution in [1.29, 1.82) is 0 Å². The highest BCUT2D eigenvalue weighted by Gasteiger charge is 2.08. The molecule has 1 heterocycles. The zero-order valence-corrected chi connectivity index (χ0v) is 13.0. The summed E-state index contributed by atoms with van der Waals surface area (Å²) in [6, 6.07) is 6.27. The summed E-state index contributed by atoms with van der Waals surface area (Å²) in [4.78, 5) is 8.99. The van der Waals surface area contributed by atoms with Crippen molar-refractivity contribution in [3.63, 3.8) is 0 Å². The van der Waals surface area contributed by atoms with Crippen LogP contribution in [0.1, 0.15) is 32.5 Å². The van der Waals surface area contributed by atoms with Crippen LogP contribution in [0.2, 0.25) is 5.02 Å². The van der Waals surface area contributed by atoms with Gasteiger partial charge in [0, 0.05) is 29.6 Å². The minimum absolute atomic E-state index is 0.365. The Hall–Kier alpha value is -1.68. The fraction of sp³-hybridized carbons (Fsp3) is 0.375. The summed E-state index contributed by atoms with van der Waals surface area (Å²) in [6.45, 7) is 5.01. The molecule has 0 aliphatic carbocycles. The molecule has 21 heavy (non-hydrogen) atoms. The van der Waals surface area contributed by atoms with Crippen LogP contribution in [0.5, 0.6) is 0 Å². The second kappa shape index (κ2) is 7.36. The van der Waals surface area contributed by atoms with Gasteiger partial charge < -0.3 is 5.32 Å². The van der Waals surface area contributed by atoms with Crippen LogP contribution in [0.4, 0.5) is 10.2 Å². The molecule has 0 spiro atoms. The van der Waals surface area contributed by atoms with Gasteiger partial charge in [0.15, 0.2) is 0 Å². The van der Waals surface area contributed by atoms with Crippen LogP contribution in [0.25, 0.3) is 11.3 Å². The van der Waals surface area contributed by atoms with Gasteiger partial charge in [0.2, 0.25) is 0 Å². The number of hydrogen-bond acceptors (Lipinski definition) is 3. The molecule has 0 fully saturated rings. The Balaban J connectivity index is 2.42. The van der Waals surface area contributed by atoms with Crippen molar-refractivity contribution in [2.45, 2.75) is 33.1 Å². The summed E-state index contributed by atoms with van der Waals surface area (Å²) in [6.07, 6.45) is 2.76. The van der Waals surface area contributed by atoms with Gasteiger partial charge in [-0.05, 0) is 31.0 Å². The van der Waals surface area contributed by atoms with E-state index in [-0.39, 0.29) is 5.82 Å². The fourth-order valence-electron chi connectivity index (χ4n) is 2.03. The Labute approximate surface area is 129 Å². The summed E-state index contributed by atoms with van der Waals surface area (Å²) < 4.78 is 13.5. The smallest absolute Gasteiger partial charge is 0.131 e. The maximum absolute atomic E-state index is 13.5. The molecular formula is C16H19ClFN3. The molecule has 0 amide bonds. The molecule has 0 unspecified atom stereocenters. The van der Waals surface area contributed by atoms with Gasteiger partial charge in [-0.2, -0.15) is 0 Å². The van der Waals surface area contributed by atoms with E-state index in [2.05, 4.69) is 29.1 Å². The third kappa shape index (κ3) is 4.39. The summed E-state index contributed by atoms with van der Waals surface area (Å²) in [5, 5.41) is 3.62. The second-order valence-electron chi connectivity index (χ2n) is 4.89. The van der Waals surface area contributed by atoms with E-state index in [1.54, 1.807) is 6.07 Å².